The second-order valence-electron chi connectivity index (χ2n) is 5.66. The molecule has 0 N–H and O–H groups in total. The molecule has 1 heterocycles. The van der Waals surface area contributed by atoms with Gasteiger partial charge in [-0.15, -0.1) is 0 Å². The summed E-state index contributed by atoms with van der Waals surface area (Å²) in [5.74, 6) is -0.482. The van der Waals surface area contributed by atoms with Crippen LogP contribution >= 0.6 is 23.2 Å². The van der Waals surface area contributed by atoms with E-state index in [1.54, 1.807) is 28.9 Å². The number of nitrogens with zero attached hydrogens (tertiary/aromatic N) is 2. The van der Waals surface area contributed by atoms with Crippen molar-refractivity contribution >= 4 is 29.2 Å². The predicted octanol–water partition coefficient (Wildman–Crippen LogP) is 4.26. The van der Waals surface area contributed by atoms with E-state index >= 15 is 0 Å². The Morgan fingerprint density at radius 1 is 1.24 bits per heavy atom. The Balaban J connectivity index is 2.66. The Kier molecular flexibility index (Phi) is 4.30. The molecule has 0 spiro atoms. The van der Waals surface area contributed by atoms with Gasteiger partial charge in [-0.3, -0.25) is 0 Å². The summed E-state index contributed by atoms with van der Waals surface area (Å²) in [7, 11) is 1.33. The third-order valence-electron chi connectivity index (χ3n) is 3.01. The molecule has 0 unspecified atom stereocenters. The lowest BCUT2D eigenvalue weighted by atomic mass is 9.91. The van der Waals surface area contributed by atoms with Crippen LogP contribution in [0.5, 0.6) is 0 Å². The summed E-state index contributed by atoms with van der Waals surface area (Å²) in [5.41, 5.74) is 1.55. The summed E-state index contributed by atoms with van der Waals surface area (Å²) >= 11 is 12.2. The number of rotatable bonds is 2. The number of benzene rings is 1. The molecule has 0 aliphatic rings. The minimum absolute atomic E-state index is 0.220. The third-order valence-corrected chi connectivity index (χ3v) is 3.55. The first-order valence-corrected chi connectivity index (χ1v) is 7.14. The largest absolute Gasteiger partial charge is 0.464 e. The topological polar surface area (TPSA) is 44.1 Å². The van der Waals surface area contributed by atoms with E-state index in [0.717, 1.165) is 5.69 Å². The van der Waals surface area contributed by atoms with E-state index in [-0.39, 0.29) is 11.1 Å². The molecule has 1 aromatic carbocycles. The maximum absolute atomic E-state index is 11.7. The van der Waals surface area contributed by atoms with Crippen LogP contribution in [0.2, 0.25) is 10.0 Å². The van der Waals surface area contributed by atoms with Crippen LogP contribution in [-0.4, -0.2) is 22.9 Å². The van der Waals surface area contributed by atoms with Crippen molar-refractivity contribution in [1.82, 2.24) is 9.78 Å². The molecule has 4 nitrogen and oxygen atoms in total. The molecule has 0 amide bonds. The van der Waals surface area contributed by atoms with Crippen LogP contribution in [-0.2, 0) is 10.2 Å². The molecular weight excluding hydrogens is 311 g/mol. The van der Waals surface area contributed by atoms with Crippen LogP contribution in [0.15, 0.2) is 24.3 Å². The quantitative estimate of drug-likeness (QED) is 0.774. The average Bonchev–Trinajstić information content (AvgIpc) is 2.82. The van der Waals surface area contributed by atoms with Crippen LogP contribution in [0.4, 0.5) is 0 Å². The second-order valence-corrected chi connectivity index (χ2v) is 6.51. The first-order valence-electron chi connectivity index (χ1n) is 6.38. The Bertz CT molecular complexity index is 687. The Hall–Kier alpha value is -1.52. The van der Waals surface area contributed by atoms with E-state index in [0.29, 0.717) is 15.7 Å². The fraction of sp³-hybridized carbons (Fsp3) is 0.333. The van der Waals surface area contributed by atoms with Crippen molar-refractivity contribution in [3.8, 4) is 5.69 Å². The Labute approximate surface area is 133 Å². The summed E-state index contributed by atoms with van der Waals surface area (Å²) in [5, 5.41) is 5.33. The molecule has 2 rings (SSSR count). The molecule has 0 atom stereocenters. The summed E-state index contributed by atoms with van der Waals surface area (Å²) in [6.45, 7) is 6.10. The van der Waals surface area contributed by atoms with Crippen LogP contribution in [0.25, 0.3) is 5.69 Å². The number of esters is 1. The van der Waals surface area contributed by atoms with Crippen LogP contribution in [0, 0.1) is 0 Å². The third kappa shape index (κ3) is 3.22. The molecule has 0 bridgehead atoms. The van der Waals surface area contributed by atoms with Crippen molar-refractivity contribution in [2.75, 3.05) is 7.11 Å². The van der Waals surface area contributed by atoms with Gasteiger partial charge in [0.25, 0.3) is 0 Å². The van der Waals surface area contributed by atoms with Gasteiger partial charge in [0.05, 0.1) is 23.5 Å². The Morgan fingerprint density at radius 2 is 1.90 bits per heavy atom. The molecule has 0 radical (unpaired) electrons. The molecule has 0 saturated carbocycles. The maximum Gasteiger partial charge on any atom is 0.358 e. The molecule has 2 aromatic rings. The molecule has 0 aliphatic heterocycles. The van der Waals surface area contributed by atoms with Gasteiger partial charge in [-0.2, -0.15) is 5.10 Å². The number of halogens is 2. The molecule has 1 aromatic heterocycles. The van der Waals surface area contributed by atoms with E-state index in [9.17, 15) is 4.79 Å². The first-order chi connectivity index (χ1) is 9.74. The van der Waals surface area contributed by atoms with Gasteiger partial charge in [0, 0.05) is 10.4 Å². The molecule has 0 fully saturated rings. The monoisotopic (exact) mass is 326 g/mol. The zero-order chi connectivity index (χ0) is 15.8. The van der Waals surface area contributed by atoms with Gasteiger partial charge in [0.1, 0.15) is 0 Å². The van der Waals surface area contributed by atoms with Crippen LogP contribution in [0.1, 0.15) is 37.0 Å². The highest BCUT2D eigenvalue weighted by atomic mass is 35.5. The highest BCUT2D eigenvalue weighted by Crippen LogP contribution is 2.30. The van der Waals surface area contributed by atoms with E-state index in [2.05, 4.69) is 5.10 Å². The van der Waals surface area contributed by atoms with Crippen molar-refractivity contribution in [2.45, 2.75) is 26.2 Å². The number of ether oxygens (including phenoxy) is 1. The van der Waals surface area contributed by atoms with Gasteiger partial charge in [0.15, 0.2) is 5.69 Å². The Morgan fingerprint density at radius 3 is 2.43 bits per heavy atom. The molecule has 21 heavy (non-hydrogen) atoms. The second kappa shape index (κ2) is 5.70. The fourth-order valence-electron chi connectivity index (χ4n) is 1.96. The summed E-state index contributed by atoms with van der Waals surface area (Å²) in [6, 6.07) is 6.86. The summed E-state index contributed by atoms with van der Waals surface area (Å²) < 4.78 is 6.39. The van der Waals surface area contributed by atoms with Crippen molar-refractivity contribution in [3.63, 3.8) is 0 Å². The lowest BCUT2D eigenvalue weighted by molar-refractivity contribution is 0.0593. The summed E-state index contributed by atoms with van der Waals surface area (Å²) in [6.07, 6.45) is 0. The minimum Gasteiger partial charge on any atom is -0.464 e. The van der Waals surface area contributed by atoms with E-state index in [4.69, 9.17) is 27.9 Å². The van der Waals surface area contributed by atoms with Crippen LogP contribution in [0.3, 0.4) is 0 Å². The standard InChI is InChI=1S/C15H16Cl2N2O2/c1-15(2,3)13-8-11(14(20)21-4)18-19(13)12-6-5-9(16)7-10(12)17/h5-8H,1-4H3. The number of carbonyl (C=O) groups is 1. The van der Waals surface area contributed by atoms with Gasteiger partial charge < -0.3 is 4.74 Å². The number of methoxy groups -OCH3 is 1. The summed E-state index contributed by atoms with van der Waals surface area (Å²) in [4.78, 5) is 11.7. The van der Waals surface area contributed by atoms with Gasteiger partial charge in [-0.05, 0) is 24.3 Å². The molecule has 6 heteroatoms. The number of hydrogen-bond acceptors (Lipinski definition) is 3. The minimum atomic E-state index is -0.482. The van der Waals surface area contributed by atoms with Crippen molar-refractivity contribution < 1.29 is 9.53 Å². The highest BCUT2D eigenvalue weighted by Gasteiger charge is 2.25. The zero-order valence-corrected chi connectivity index (χ0v) is 13.8. The maximum atomic E-state index is 11.7. The fourth-order valence-corrected chi connectivity index (χ4v) is 2.44. The lowest BCUT2D eigenvalue weighted by Gasteiger charge is -2.20. The molecular formula is C15H16Cl2N2O2. The lowest BCUT2D eigenvalue weighted by Crippen LogP contribution is -2.17. The van der Waals surface area contributed by atoms with E-state index in [1.165, 1.54) is 7.11 Å². The van der Waals surface area contributed by atoms with Gasteiger partial charge in [0.2, 0.25) is 0 Å². The normalized spacial score (nSPS) is 11.5. The van der Waals surface area contributed by atoms with Gasteiger partial charge in [-0.1, -0.05) is 44.0 Å². The van der Waals surface area contributed by atoms with E-state index in [1.807, 2.05) is 20.8 Å². The first kappa shape index (κ1) is 15.9. The predicted molar refractivity (Wildman–Crippen MR) is 83.6 cm³/mol. The van der Waals surface area contributed by atoms with Crippen molar-refractivity contribution in [1.29, 1.82) is 0 Å². The van der Waals surface area contributed by atoms with E-state index < -0.39 is 5.97 Å². The molecule has 112 valence electrons. The smallest absolute Gasteiger partial charge is 0.358 e. The SMILES string of the molecule is COC(=O)c1cc(C(C)(C)C)n(-c2ccc(Cl)cc2Cl)n1. The van der Waals surface area contributed by atoms with Crippen molar-refractivity contribution in [3.05, 3.63) is 45.7 Å². The molecule has 0 aliphatic carbocycles. The molecule has 0 saturated heterocycles. The highest BCUT2D eigenvalue weighted by molar-refractivity contribution is 6.35. The average molecular weight is 327 g/mol. The number of carbonyl (C=O) groups excluding carboxylic acids is 1. The van der Waals surface area contributed by atoms with Crippen LogP contribution < -0.4 is 0 Å². The van der Waals surface area contributed by atoms with Gasteiger partial charge >= 0.3 is 5.97 Å². The van der Waals surface area contributed by atoms with Crippen molar-refractivity contribution in [2.24, 2.45) is 0 Å². The van der Waals surface area contributed by atoms with Gasteiger partial charge in [-0.25, -0.2) is 9.48 Å². The number of aromatic nitrogens is 2. The number of hydrogen-bond donors (Lipinski definition) is 0. The zero-order valence-electron chi connectivity index (χ0n) is 12.3.